The maximum Gasteiger partial charge on any atom is 0.255 e. The molecule has 0 aliphatic carbocycles. The molecule has 1 aromatic heterocycles. The van der Waals surface area contributed by atoms with Crippen LogP contribution < -0.4 is 5.32 Å². The molecule has 0 bridgehead atoms. The molecule has 1 amide bonds. The molecule has 26 heavy (non-hydrogen) atoms. The Labute approximate surface area is 159 Å². The minimum atomic E-state index is -1.29. The van der Waals surface area contributed by atoms with Gasteiger partial charge in [0.25, 0.3) is 5.91 Å². The van der Waals surface area contributed by atoms with Gasteiger partial charge in [-0.3, -0.25) is 4.79 Å². The molecule has 1 aliphatic rings. The predicted octanol–water partition coefficient (Wildman–Crippen LogP) is 2.53. The Balaban J connectivity index is 1.47. The maximum atomic E-state index is 12.8. The highest BCUT2D eigenvalue weighted by atomic mass is 32.1. The van der Waals surface area contributed by atoms with E-state index in [4.69, 9.17) is 0 Å². The van der Waals surface area contributed by atoms with Gasteiger partial charge in [0, 0.05) is 37.3 Å². The number of aliphatic hydroxyl groups is 1. The fourth-order valence-corrected chi connectivity index (χ4v) is 4.16. The SMILES string of the molecule is Cc1csc(CNCC2(O)CCCN(CCCc3ccccc3)C2=O)n1. The summed E-state index contributed by atoms with van der Waals surface area (Å²) in [6.07, 6.45) is 3.22. The van der Waals surface area contributed by atoms with Crippen LogP contribution in [0.3, 0.4) is 0 Å². The van der Waals surface area contributed by atoms with E-state index in [1.807, 2.05) is 35.4 Å². The maximum absolute atomic E-state index is 12.8. The van der Waals surface area contributed by atoms with Crippen molar-refractivity contribution in [2.24, 2.45) is 0 Å². The van der Waals surface area contributed by atoms with E-state index >= 15 is 0 Å². The average molecular weight is 374 g/mol. The van der Waals surface area contributed by atoms with Gasteiger partial charge in [0.05, 0.1) is 0 Å². The van der Waals surface area contributed by atoms with Crippen LogP contribution >= 0.6 is 11.3 Å². The molecule has 2 heterocycles. The number of aryl methyl sites for hydroxylation is 2. The summed E-state index contributed by atoms with van der Waals surface area (Å²) in [6.45, 7) is 4.26. The molecule has 6 heteroatoms. The number of piperidine rings is 1. The third kappa shape index (κ3) is 4.90. The molecule has 1 saturated heterocycles. The van der Waals surface area contributed by atoms with Gasteiger partial charge in [0.2, 0.25) is 0 Å². The lowest BCUT2D eigenvalue weighted by Gasteiger charge is -2.38. The molecule has 3 rings (SSSR count). The van der Waals surface area contributed by atoms with E-state index in [1.54, 1.807) is 11.3 Å². The Morgan fingerprint density at radius 2 is 2.15 bits per heavy atom. The van der Waals surface area contributed by atoms with Crippen molar-refractivity contribution in [2.75, 3.05) is 19.6 Å². The number of benzene rings is 1. The Hall–Kier alpha value is -1.76. The zero-order valence-electron chi connectivity index (χ0n) is 15.3. The van der Waals surface area contributed by atoms with E-state index in [-0.39, 0.29) is 12.5 Å². The number of rotatable bonds is 8. The van der Waals surface area contributed by atoms with Gasteiger partial charge in [0.15, 0.2) is 5.60 Å². The quantitative estimate of drug-likeness (QED) is 0.746. The molecule has 1 unspecified atom stereocenters. The van der Waals surface area contributed by atoms with E-state index in [9.17, 15) is 9.90 Å². The van der Waals surface area contributed by atoms with Gasteiger partial charge < -0.3 is 15.3 Å². The normalized spacial score (nSPS) is 20.5. The van der Waals surface area contributed by atoms with Gasteiger partial charge in [-0.05, 0) is 38.2 Å². The molecule has 0 spiro atoms. The molecule has 0 saturated carbocycles. The predicted molar refractivity (Wildman–Crippen MR) is 104 cm³/mol. The van der Waals surface area contributed by atoms with E-state index in [2.05, 4.69) is 22.4 Å². The van der Waals surface area contributed by atoms with Crippen molar-refractivity contribution in [1.82, 2.24) is 15.2 Å². The van der Waals surface area contributed by atoms with Crippen molar-refractivity contribution in [3.05, 3.63) is 52.0 Å². The van der Waals surface area contributed by atoms with Crippen molar-refractivity contribution in [1.29, 1.82) is 0 Å². The second-order valence-corrected chi connectivity index (χ2v) is 7.95. The molecule has 1 atom stereocenters. The highest BCUT2D eigenvalue weighted by Gasteiger charge is 2.41. The number of amides is 1. The molecule has 1 aromatic carbocycles. The standard InChI is InChI=1S/C20H27N3O2S/c1-16-14-26-18(22-16)13-21-15-20(25)10-6-12-23(19(20)24)11-5-9-17-7-3-2-4-8-17/h2-4,7-8,14,21,25H,5-6,9-13,15H2,1H3. The number of likely N-dealkylation sites (tertiary alicyclic amines) is 1. The summed E-state index contributed by atoms with van der Waals surface area (Å²) >= 11 is 1.59. The number of carbonyl (C=O) groups is 1. The minimum Gasteiger partial charge on any atom is -0.379 e. The largest absolute Gasteiger partial charge is 0.379 e. The molecule has 5 nitrogen and oxygen atoms in total. The zero-order valence-corrected chi connectivity index (χ0v) is 16.1. The summed E-state index contributed by atoms with van der Waals surface area (Å²) in [5.41, 5.74) is 0.994. The van der Waals surface area contributed by atoms with Crippen molar-refractivity contribution < 1.29 is 9.90 Å². The van der Waals surface area contributed by atoms with Crippen LogP contribution in [0.25, 0.3) is 0 Å². The summed E-state index contributed by atoms with van der Waals surface area (Å²) in [4.78, 5) is 19.0. The first kappa shape index (κ1) is 19.0. The summed E-state index contributed by atoms with van der Waals surface area (Å²) in [7, 11) is 0. The Morgan fingerprint density at radius 3 is 2.88 bits per heavy atom. The van der Waals surface area contributed by atoms with Crippen LogP contribution in [-0.2, 0) is 17.8 Å². The summed E-state index contributed by atoms with van der Waals surface area (Å²) in [5, 5.41) is 17.0. The van der Waals surface area contributed by atoms with Gasteiger partial charge in [-0.15, -0.1) is 11.3 Å². The van der Waals surface area contributed by atoms with Crippen molar-refractivity contribution in [2.45, 2.75) is 44.8 Å². The second kappa shape index (κ2) is 8.75. The molecular weight excluding hydrogens is 346 g/mol. The molecular formula is C20H27N3O2S. The lowest BCUT2D eigenvalue weighted by molar-refractivity contribution is -0.156. The summed E-state index contributed by atoms with van der Waals surface area (Å²) < 4.78 is 0. The first-order valence-corrected chi connectivity index (χ1v) is 10.1. The molecule has 0 radical (unpaired) electrons. The second-order valence-electron chi connectivity index (χ2n) is 7.00. The van der Waals surface area contributed by atoms with Gasteiger partial charge in [0.1, 0.15) is 5.01 Å². The number of nitrogens with one attached hydrogen (secondary N) is 1. The van der Waals surface area contributed by atoms with Crippen LogP contribution in [0.4, 0.5) is 0 Å². The van der Waals surface area contributed by atoms with Gasteiger partial charge in [-0.2, -0.15) is 0 Å². The van der Waals surface area contributed by atoms with Crippen molar-refractivity contribution in [3.8, 4) is 0 Å². The summed E-state index contributed by atoms with van der Waals surface area (Å²) in [5.74, 6) is -0.139. The van der Waals surface area contributed by atoms with Gasteiger partial charge >= 0.3 is 0 Å². The first-order valence-electron chi connectivity index (χ1n) is 9.24. The lowest BCUT2D eigenvalue weighted by Crippen LogP contribution is -2.58. The fraction of sp³-hybridized carbons (Fsp3) is 0.500. The van der Waals surface area contributed by atoms with Crippen LogP contribution in [0.2, 0.25) is 0 Å². The Morgan fingerprint density at radius 1 is 1.35 bits per heavy atom. The molecule has 1 aliphatic heterocycles. The highest BCUT2D eigenvalue weighted by Crippen LogP contribution is 2.23. The molecule has 1 fully saturated rings. The third-order valence-electron chi connectivity index (χ3n) is 4.80. The Bertz CT molecular complexity index is 719. The first-order chi connectivity index (χ1) is 12.6. The number of thiazole rings is 1. The third-order valence-corrected chi connectivity index (χ3v) is 5.77. The zero-order chi connectivity index (χ0) is 18.4. The monoisotopic (exact) mass is 373 g/mol. The van der Waals surface area contributed by atoms with Crippen LogP contribution in [0.5, 0.6) is 0 Å². The Kier molecular flexibility index (Phi) is 6.40. The smallest absolute Gasteiger partial charge is 0.255 e. The van der Waals surface area contributed by atoms with Crippen molar-refractivity contribution in [3.63, 3.8) is 0 Å². The van der Waals surface area contributed by atoms with Crippen LogP contribution in [-0.4, -0.2) is 46.1 Å². The van der Waals surface area contributed by atoms with Crippen LogP contribution in [0, 0.1) is 6.92 Å². The van der Waals surface area contributed by atoms with Gasteiger partial charge in [-0.25, -0.2) is 4.98 Å². The van der Waals surface area contributed by atoms with Crippen LogP contribution in [0.15, 0.2) is 35.7 Å². The summed E-state index contributed by atoms with van der Waals surface area (Å²) in [6, 6.07) is 10.3. The lowest BCUT2D eigenvalue weighted by atomic mass is 9.91. The van der Waals surface area contributed by atoms with E-state index in [1.165, 1.54) is 5.56 Å². The number of nitrogens with zero attached hydrogens (tertiary/aromatic N) is 2. The van der Waals surface area contributed by atoms with E-state index in [0.29, 0.717) is 19.5 Å². The van der Waals surface area contributed by atoms with E-state index in [0.717, 1.165) is 36.5 Å². The molecule has 2 aromatic rings. The highest BCUT2D eigenvalue weighted by molar-refractivity contribution is 7.09. The average Bonchev–Trinajstić information content (AvgIpc) is 3.05. The number of aromatic nitrogens is 1. The van der Waals surface area contributed by atoms with Crippen molar-refractivity contribution >= 4 is 17.2 Å². The number of hydrogen-bond acceptors (Lipinski definition) is 5. The number of carbonyl (C=O) groups excluding carboxylic acids is 1. The van der Waals surface area contributed by atoms with E-state index < -0.39 is 5.60 Å². The molecule has 140 valence electrons. The molecule has 2 N–H and O–H groups in total. The topological polar surface area (TPSA) is 65.5 Å². The minimum absolute atomic E-state index is 0.139. The fourth-order valence-electron chi connectivity index (χ4n) is 3.42. The number of hydrogen-bond donors (Lipinski definition) is 2. The van der Waals surface area contributed by atoms with Crippen LogP contribution in [0.1, 0.15) is 35.5 Å². The van der Waals surface area contributed by atoms with Gasteiger partial charge in [-0.1, -0.05) is 30.3 Å².